The second-order valence-electron chi connectivity index (χ2n) is 5.03. The number of carbonyl (C=O) groups is 3. The number of allylic oxidation sites excluding steroid dienone is 2. The molecule has 2 N–H and O–H groups in total. The number of nitrogens with two attached hydrogens (primary N) is 1. The van der Waals surface area contributed by atoms with Gasteiger partial charge in [-0.1, -0.05) is 32.6 Å². The van der Waals surface area contributed by atoms with Crippen molar-refractivity contribution >= 4 is 35.2 Å². The van der Waals surface area contributed by atoms with E-state index in [4.69, 9.17) is 5.73 Å². The second kappa shape index (κ2) is 8.73. The number of hydrogen-bond acceptors (Lipinski definition) is 4. The van der Waals surface area contributed by atoms with Crippen molar-refractivity contribution in [2.45, 2.75) is 20.3 Å². The minimum Gasteiger partial charge on any atom is -0.398 e. The van der Waals surface area contributed by atoms with Crippen LogP contribution in [0, 0.1) is 6.92 Å². The first-order valence-electron chi connectivity index (χ1n) is 7.82. The zero-order valence-electron chi connectivity index (χ0n) is 14.7. The normalized spacial score (nSPS) is 13.6. The molecule has 6 heteroatoms. The molecule has 3 amide bonds. The monoisotopic (exact) mass is 340 g/mol. The first-order chi connectivity index (χ1) is 11.8. The zero-order valence-corrected chi connectivity index (χ0v) is 14.7. The summed E-state index contributed by atoms with van der Waals surface area (Å²) in [6, 6.07) is 2.77. The molecule has 0 fully saturated rings. The molecule has 1 radical (unpaired) electrons. The van der Waals surface area contributed by atoms with Crippen molar-refractivity contribution in [1.82, 2.24) is 4.90 Å². The van der Waals surface area contributed by atoms with Gasteiger partial charge in [0.15, 0.2) is 5.78 Å². The molecule has 0 saturated carbocycles. The van der Waals surface area contributed by atoms with Gasteiger partial charge in [-0.05, 0) is 41.8 Å². The Morgan fingerprint density at radius 3 is 2.48 bits per heavy atom. The van der Waals surface area contributed by atoms with Gasteiger partial charge >= 0.3 is 6.03 Å². The predicted molar refractivity (Wildman–Crippen MR) is 100 cm³/mol. The fourth-order valence-corrected chi connectivity index (χ4v) is 2.17. The maximum Gasteiger partial charge on any atom is 0.350 e. The third-order valence-corrected chi connectivity index (χ3v) is 3.51. The SMILES string of the molecule is CC.[CH2]c1ccc(N)c(CC2=NC(=O)N(C)C2=O)c1/C=C\C(=O)C=C. The summed E-state index contributed by atoms with van der Waals surface area (Å²) < 4.78 is 0. The van der Waals surface area contributed by atoms with Gasteiger partial charge in [-0.15, -0.1) is 0 Å². The molecule has 0 saturated heterocycles. The number of amides is 3. The van der Waals surface area contributed by atoms with Crippen LogP contribution in [0.1, 0.15) is 30.5 Å². The summed E-state index contributed by atoms with van der Waals surface area (Å²) in [5.41, 5.74) is 8.40. The summed E-state index contributed by atoms with van der Waals surface area (Å²) in [6.45, 7) is 11.3. The van der Waals surface area contributed by atoms with Gasteiger partial charge in [0.05, 0.1) is 0 Å². The minimum atomic E-state index is -0.603. The minimum absolute atomic E-state index is 0.0893. The third-order valence-electron chi connectivity index (χ3n) is 3.51. The first-order valence-corrected chi connectivity index (χ1v) is 7.82. The molecule has 1 aromatic rings. The lowest BCUT2D eigenvalue weighted by Gasteiger charge is -2.12. The van der Waals surface area contributed by atoms with Gasteiger partial charge in [-0.3, -0.25) is 14.5 Å². The van der Waals surface area contributed by atoms with Gasteiger partial charge in [0.25, 0.3) is 5.91 Å². The van der Waals surface area contributed by atoms with Crippen molar-refractivity contribution in [2.75, 3.05) is 12.8 Å². The number of nitrogen functional groups attached to an aromatic ring is 1. The number of ketones is 1. The standard InChI is InChI=1S/C17H16N3O3.C2H6/c1-4-11(21)6-7-12-10(2)5-8-14(18)13(12)9-15-16(22)20(3)17(23)19-15;1-2/h4-8H,1-2,9,18H2,3H3;1-2H3/b7-6-;. The van der Waals surface area contributed by atoms with Crippen LogP contribution in [0.15, 0.2) is 35.9 Å². The van der Waals surface area contributed by atoms with Crippen molar-refractivity contribution < 1.29 is 14.4 Å². The Bertz CT molecular complexity index is 776. The second-order valence-corrected chi connectivity index (χ2v) is 5.03. The number of hydrogen-bond donors (Lipinski definition) is 1. The number of imide groups is 1. The smallest absolute Gasteiger partial charge is 0.350 e. The Balaban J connectivity index is 0.00000151. The molecule has 2 rings (SSSR count). The highest BCUT2D eigenvalue weighted by atomic mass is 16.2. The molecule has 0 spiro atoms. The molecule has 1 aromatic carbocycles. The van der Waals surface area contributed by atoms with Gasteiger partial charge in [0.1, 0.15) is 5.71 Å². The van der Waals surface area contributed by atoms with E-state index < -0.39 is 11.9 Å². The molecule has 6 nitrogen and oxygen atoms in total. The van der Waals surface area contributed by atoms with Crippen LogP contribution in [0.2, 0.25) is 0 Å². The van der Waals surface area contributed by atoms with E-state index in [2.05, 4.69) is 18.5 Å². The van der Waals surface area contributed by atoms with Gasteiger partial charge in [-0.2, -0.15) is 4.99 Å². The van der Waals surface area contributed by atoms with E-state index in [1.165, 1.54) is 19.2 Å². The highest BCUT2D eigenvalue weighted by Gasteiger charge is 2.30. The summed E-state index contributed by atoms with van der Waals surface area (Å²) in [4.78, 5) is 39.5. The maximum absolute atomic E-state index is 12.0. The number of nitrogens with zero attached hydrogens (tertiary/aromatic N) is 2. The Labute approximate surface area is 147 Å². The third kappa shape index (κ3) is 4.50. The lowest BCUT2D eigenvalue weighted by atomic mass is 9.95. The van der Waals surface area contributed by atoms with Crippen molar-refractivity contribution in [3.63, 3.8) is 0 Å². The van der Waals surface area contributed by atoms with E-state index >= 15 is 0 Å². The average Bonchev–Trinajstić information content (AvgIpc) is 2.86. The van der Waals surface area contributed by atoms with Gasteiger partial charge in [-0.25, -0.2) is 4.79 Å². The molecule has 1 aliphatic rings. The Hall–Kier alpha value is -3.02. The summed E-state index contributed by atoms with van der Waals surface area (Å²) >= 11 is 0. The largest absolute Gasteiger partial charge is 0.398 e. The van der Waals surface area contributed by atoms with Gasteiger partial charge < -0.3 is 5.73 Å². The number of rotatable bonds is 5. The average molecular weight is 340 g/mol. The van der Waals surface area contributed by atoms with E-state index in [0.717, 1.165) is 4.90 Å². The molecule has 0 unspecified atom stereocenters. The molecule has 0 bridgehead atoms. The lowest BCUT2D eigenvalue weighted by molar-refractivity contribution is -0.119. The molecule has 1 heterocycles. The fraction of sp³-hybridized carbons (Fsp3) is 0.211. The van der Waals surface area contributed by atoms with Crippen LogP contribution in [0.5, 0.6) is 0 Å². The lowest BCUT2D eigenvalue weighted by Crippen LogP contribution is -2.29. The summed E-state index contributed by atoms with van der Waals surface area (Å²) in [7, 11) is 1.37. The summed E-state index contributed by atoms with van der Waals surface area (Å²) in [5, 5.41) is 0. The van der Waals surface area contributed by atoms with Crippen LogP contribution in [0.25, 0.3) is 6.08 Å². The number of urea groups is 1. The summed E-state index contributed by atoms with van der Waals surface area (Å²) in [6.07, 6.45) is 4.19. The molecule has 25 heavy (non-hydrogen) atoms. The fourth-order valence-electron chi connectivity index (χ4n) is 2.17. The van der Waals surface area contributed by atoms with E-state index in [1.54, 1.807) is 18.2 Å². The van der Waals surface area contributed by atoms with Gasteiger partial charge in [0.2, 0.25) is 0 Å². The van der Waals surface area contributed by atoms with Crippen LogP contribution in [-0.4, -0.2) is 35.4 Å². The zero-order chi connectivity index (χ0) is 19.1. The van der Waals surface area contributed by atoms with Crippen LogP contribution in [0.3, 0.4) is 0 Å². The number of carbonyl (C=O) groups excluding carboxylic acids is 3. The Kier molecular flexibility index (Phi) is 6.99. The van der Waals surface area contributed by atoms with Crippen molar-refractivity contribution in [1.29, 1.82) is 0 Å². The Morgan fingerprint density at radius 2 is 1.96 bits per heavy atom. The number of anilines is 1. The van der Waals surface area contributed by atoms with E-state index in [1.807, 2.05) is 13.8 Å². The van der Waals surface area contributed by atoms with Crippen LogP contribution >= 0.6 is 0 Å². The maximum atomic E-state index is 12.0. The molecule has 131 valence electrons. The summed E-state index contributed by atoms with van der Waals surface area (Å²) in [5.74, 6) is -0.720. The topological polar surface area (TPSA) is 92.8 Å². The predicted octanol–water partition coefficient (Wildman–Crippen LogP) is 2.82. The van der Waals surface area contributed by atoms with Gasteiger partial charge in [0, 0.05) is 19.2 Å². The van der Waals surface area contributed by atoms with Crippen LogP contribution < -0.4 is 5.73 Å². The van der Waals surface area contributed by atoms with Crippen molar-refractivity contribution in [3.8, 4) is 0 Å². The molecule has 0 atom stereocenters. The van der Waals surface area contributed by atoms with Crippen molar-refractivity contribution in [2.24, 2.45) is 4.99 Å². The number of benzene rings is 1. The highest BCUT2D eigenvalue weighted by Crippen LogP contribution is 2.25. The number of aliphatic imine (C=N–C) groups is 1. The molecular weight excluding hydrogens is 318 g/mol. The van der Waals surface area contributed by atoms with E-state index in [9.17, 15) is 14.4 Å². The van der Waals surface area contributed by atoms with E-state index in [0.29, 0.717) is 22.4 Å². The van der Waals surface area contributed by atoms with Crippen LogP contribution in [0.4, 0.5) is 10.5 Å². The van der Waals surface area contributed by atoms with Crippen LogP contribution in [-0.2, 0) is 16.0 Å². The molecular formula is C19H22N3O3. The molecule has 0 aliphatic carbocycles. The first kappa shape index (κ1) is 20.0. The molecule has 1 aliphatic heterocycles. The highest BCUT2D eigenvalue weighted by molar-refractivity contribution is 6.46. The quantitative estimate of drug-likeness (QED) is 0.659. The Morgan fingerprint density at radius 1 is 1.32 bits per heavy atom. The molecule has 0 aromatic heterocycles. The van der Waals surface area contributed by atoms with Crippen molar-refractivity contribution in [3.05, 3.63) is 54.5 Å². The van der Waals surface area contributed by atoms with E-state index in [-0.39, 0.29) is 17.9 Å².